The molecule has 1 aromatic carbocycles. The maximum Gasteiger partial charge on any atom is 0.330 e. The van der Waals surface area contributed by atoms with Gasteiger partial charge in [0.2, 0.25) is 0 Å². The third-order valence-corrected chi connectivity index (χ3v) is 4.31. The third kappa shape index (κ3) is 3.07. The molecule has 1 fully saturated rings. The number of carbonyl (C=O) groups excluding carboxylic acids is 1. The van der Waals surface area contributed by atoms with Crippen LogP contribution in [-0.4, -0.2) is 46.3 Å². The van der Waals surface area contributed by atoms with E-state index in [0.29, 0.717) is 31.1 Å². The molecule has 0 saturated carbocycles. The lowest BCUT2D eigenvalue weighted by Crippen LogP contribution is -2.50. The second-order valence-corrected chi connectivity index (χ2v) is 5.85. The largest absolute Gasteiger partial charge is 0.377 e. The first-order valence-corrected chi connectivity index (χ1v) is 8.13. The van der Waals surface area contributed by atoms with Crippen molar-refractivity contribution >= 4 is 11.7 Å². The zero-order valence-electron chi connectivity index (χ0n) is 13.9. The number of amides is 2. The summed E-state index contributed by atoms with van der Waals surface area (Å²) in [5.74, 6) is 0. The molecular formula is C17H22N4O3. The average molecular weight is 330 g/mol. The Morgan fingerprint density at radius 3 is 2.92 bits per heavy atom. The summed E-state index contributed by atoms with van der Waals surface area (Å²) in [5.41, 5.74) is 1.80. The lowest BCUT2D eigenvalue weighted by Gasteiger charge is -2.35. The quantitative estimate of drug-likeness (QED) is 0.905. The van der Waals surface area contributed by atoms with E-state index in [2.05, 4.69) is 10.3 Å². The number of morpholine rings is 1. The molecular weight excluding hydrogens is 308 g/mol. The molecule has 0 aliphatic carbocycles. The van der Waals surface area contributed by atoms with Gasteiger partial charge >= 0.3 is 11.7 Å². The van der Waals surface area contributed by atoms with Crippen molar-refractivity contribution in [2.75, 3.05) is 25.1 Å². The second-order valence-electron chi connectivity index (χ2n) is 5.85. The highest BCUT2D eigenvalue weighted by molar-refractivity contribution is 5.91. The Bertz CT molecular complexity index is 780. The molecule has 3 rings (SSSR count). The van der Waals surface area contributed by atoms with Crippen LogP contribution in [0, 0.1) is 6.92 Å². The van der Waals surface area contributed by atoms with Gasteiger partial charge in [0.25, 0.3) is 0 Å². The van der Waals surface area contributed by atoms with Crippen molar-refractivity contribution in [3.05, 3.63) is 46.6 Å². The van der Waals surface area contributed by atoms with Gasteiger partial charge in [0.1, 0.15) is 0 Å². The Kier molecular flexibility index (Phi) is 4.71. The van der Waals surface area contributed by atoms with Crippen LogP contribution < -0.4 is 11.0 Å². The van der Waals surface area contributed by atoms with Crippen molar-refractivity contribution in [2.24, 2.45) is 0 Å². The number of carbonyl (C=O) groups is 1. The van der Waals surface area contributed by atoms with E-state index in [4.69, 9.17) is 4.74 Å². The number of rotatable bonds is 3. The fraction of sp³-hybridized carbons (Fsp3) is 0.412. The standard InChI is InChI=1S/C17H22N4O3/c1-3-13-11-24-9-8-20(13)17(23)19-14-6-4-5-7-15(14)21-12(2)10-18-16(21)22/h4-7,10,13H,3,8-9,11H2,1-2H3,(H,18,22)(H,19,23)/t13-/m1/s1. The fourth-order valence-electron chi connectivity index (χ4n) is 2.98. The second kappa shape index (κ2) is 6.92. The number of para-hydroxylation sites is 2. The molecule has 2 N–H and O–H groups in total. The monoisotopic (exact) mass is 330 g/mol. The zero-order chi connectivity index (χ0) is 17.1. The number of imidazole rings is 1. The number of benzene rings is 1. The van der Waals surface area contributed by atoms with Gasteiger partial charge in [-0.2, -0.15) is 0 Å². The van der Waals surface area contributed by atoms with Gasteiger partial charge in [-0.3, -0.25) is 4.57 Å². The van der Waals surface area contributed by atoms with Crippen molar-refractivity contribution in [3.63, 3.8) is 0 Å². The molecule has 2 aromatic rings. The number of aromatic amines is 1. The number of hydrogen-bond acceptors (Lipinski definition) is 3. The van der Waals surface area contributed by atoms with Crippen molar-refractivity contribution in [2.45, 2.75) is 26.3 Å². The van der Waals surface area contributed by atoms with Crippen LogP contribution in [0.25, 0.3) is 5.69 Å². The van der Waals surface area contributed by atoms with Crippen molar-refractivity contribution in [3.8, 4) is 5.69 Å². The first kappa shape index (κ1) is 16.3. The van der Waals surface area contributed by atoms with E-state index in [9.17, 15) is 9.59 Å². The lowest BCUT2D eigenvalue weighted by atomic mass is 10.2. The minimum atomic E-state index is -0.230. The van der Waals surface area contributed by atoms with E-state index < -0.39 is 0 Å². The van der Waals surface area contributed by atoms with Gasteiger partial charge in [0.05, 0.1) is 30.6 Å². The predicted octanol–water partition coefficient (Wildman–Crippen LogP) is 2.12. The predicted molar refractivity (Wildman–Crippen MR) is 91.7 cm³/mol. The highest BCUT2D eigenvalue weighted by Gasteiger charge is 2.26. The number of urea groups is 1. The van der Waals surface area contributed by atoms with E-state index in [1.54, 1.807) is 21.7 Å². The smallest absolute Gasteiger partial charge is 0.330 e. The summed E-state index contributed by atoms with van der Waals surface area (Å²) < 4.78 is 6.99. The molecule has 1 saturated heterocycles. The molecule has 1 aliphatic rings. The number of anilines is 1. The lowest BCUT2D eigenvalue weighted by molar-refractivity contribution is 0.0144. The molecule has 0 spiro atoms. The summed E-state index contributed by atoms with van der Waals surface area (Å²) in [7, 11) is 0. The topological polar surface area (TPSA) is 79.4 Å². The van der Waals surface area contributed by atoms with Gasteiger partial charge in [0, 0.05) is 18.4 Å². The van der Waals surface area contributed by atoms with Crippen LogP contribution >= 0.6 is 0 Å². The molecule has 0 radical (unpaired) electrons. The van der Waals surface area contributed by atoms with Crippen LogP contribution in [-0.2, 0) is 4.74 Å². The Balaban J connectivity index is 1.88. The first-order chi connectivity index (χ1) is 11.6. The number of H-pyrrole nitrogens is 1. The number of aryl methyl sites for hydroxylation is 1. The van der Waals surface area contributed by atoms with Crippen LogP contribution in [0.1, 0.15) is 19.0 Å². The molecule has 0 unspecified atom stereocenters. The van der Waals surface area contributed by atoms with Gasteiger partial charge in [0.15, 0.2) is 0 Å². The summed E-state index contributed by atoms with van der Waals surface area (Å²) in [5, 5.41) is 2.95. The molecule has 24 heavy (non-hydrogen) atoms. The maximum absolute atomic E-state index is 12.7. The highest BCUT2D eigenvalue weighted by atomic mass is 16.5. The van der Waals surface area contributed by atoms with Crippen molar-refractivity contribution in [1.82, 2.24) is 14.5 Å². The summed E-state index contributed by atoms with van der Waals surface area (Å²) in [6.45, 7) is 5.54. The summed E-state index contributed by atoms with van der Waals surface area (Å²) in [6.07, 6.45) is 2.49. The molecule has 2 heterocycles. The van der Waals surface area contributed by atoms with E-state index in [-0.39, 0.29) is 17.8 Å². The Morgan fingerprint density at radius 1 is 1.42 bits per heavy atom. The van der Waals surface area contributed by atoms with Gasteiger partial charge in [-0.25, -0.2) is 9.59 Å². The third-order valence-electron chi connectivity index (χ3n) is 4.31. The molecule has 128 valence electrons. The number of aromatic nitrogens is 2. The molecule has 7 nitrogen and oxygen atoms in total. The molecule has 7 heteroatoms. The Labute approximate surface area is 140 Å². The summed E-state index contributed by atoms with van der Waals surface area (Å²) in [6, 6.07) is 7.19. The average Bonchev–Trinajstić information content (AvgIpc) is 2.94. The molecule has 1 aliphatic heterocycles. The maximum atomic E-state index is 12.7. The molecule has 0 bridgehead atoms. The molecule has 2 amide bonds. The SMILES string of the molecule is CC[C@@H]1COCCN1C(=O)Nc1ccccc1-n1c(C)c[nH]c1=O. The number of hydrogen-bond donors (Lipinski definition) is 2. The Hall–Kier alpha value is -2.54. The van der Waals surface area contributed by atoms with Gasteiger partial charge in [-0.05, 0) is 25.5 Å². The molecule has 1 aromatic heterocycles. The first-order valence-electron chi connectivity index (χ1n) is 8.13. The van der Waals surface area contributed by atoms with E-state index >= 15 is 0 Å². The van der Waals surface area contributed by atoms with Gasteiger partial charge in [-0.15, -0.1) is 0 Å². The van der Waals surface area contributed by atoms with Gasteiger partial charge in [-0.1, -0.05) is 19.1 Å². The van der Waals surface area contributed by atoms with Crippen LogP contribution in [0.15, 0.2) is 35.3 Å². The van der Waals surface area contributed by atoms with Crippen molar-refractivity contribution in [1.29, 1.82) is 0 Å². The normalized spacial score (nSPS) is 17.8. The minimum absolute atomic E-state index is 0.0719. The number of nitrogens with zero attached hydrogens (tertiary/aromatic N) is 2. The Morgan fingerprint density at radius 2 is 2.21 bits per heavy atom. The number of ether oxygens (including phenoxy) is 1. The highest BCUT2D eigenvalue weighted by Crippen LogP contribution is 2.21. The van der Waals surface area contributed by atoms with Crippen LogP contribution in [0.2, 0.25) is 0 Å². The molecule has 1 atom stereocenters. The van der Waals surface area contributed by atoms with E-state index in [0.717, 1.165) is 12.1 Å². The van der Waals surface area contributed by atoms with Crippen LogP contribution in [0.4, 0.5) is 10.5 Å². The zero-order valence-corrected chi connectivity index (χ0v) is 13.9. The van der Waals surface area contributed by atoms with Crippen LogP contribution in [0.5, 0.6) is 0 Å². The summed E-state index contributed by atoms with van der Waals surface area (Å²) in [4.78, 5) is 29.2. The number of nitrogens with one attached hydrogen (secondary N) is 2. The van der Waals surface area contributed by atoms with E-state index in [1.807, 2.05) is 32.0 Å². The fourth-order valence-corrected chi connectivity index (χ4v) is 2.98. The minimum Gasteiger partial charge on any atom is -0.377 e. The summed E-state index contributed by atoms with van der Waals surface area (Å²) >= 11 is 0. The van der Waals surface area contributed by atoms with Crippen molar-refractivity contribution < 1.29 is 9.53 Å². The van der Waals surface area contributed by atoms with Gasteiger partial charge < -0.3 is 19.9 Å². The van der Waals surface area contributed by atoms with E-state index in [1.165, 1.54) is 0 Å². The van der Waals surface area contributed by atoms with Crippen LogP contribution in [0.3, 0.4) is 0 Å².